The molecule has 0 aliphatic rings. The lowest BCUT2D eigenvalue weighted by molar-refractivity contribution is 0.312. The maximum Gasteiger partial charge on any atom is 0.140 e. The van der Waals surface area contributed by atoms with Gasteiger partial charge in [0.25, 0.3) is 0 Å². The highest BCUT2D eigenvalue weighted by Gasteiger charge is 2.07. The van der Waals surface area contributed by atoms with Crippen molar-refractivity contribution in [3.05, 3.63) is 47.5 Å². The number of aromatic nitrogens is 1. The van der Waals surface area contributed by atoms with Crippen molar-refractivity contribution in [3.8, 4) is 0 Å². The van der Waals surface area contributed by atoms with Gasteiger partial charge in [0.15, 0.2) is 0 Å². The molecule has 0 saturated heterocycles. The molecule has 0 atom stereocenters. The number of hydrogen-bond donors (Lipinski definition) is 2. The molecule has 2 rings (SSSR count). The van der Waals surface area contributed by atoms with E-state index < -0.39 is 0 Å². The highest BCUT2D eigenvalue weighted by atomic mass is 16.3. The van der Waals surface area contributed by atoms with E-state index in [2.05, 4.69) is 22.4 Å². The molecule has 0 saturated carbocycles. The molecule has 18 heavy (non-hydrogen) atoms. The van der Waals surface area contributed by atoms with E-state index in [9.17, 15) is 0 Å². The van der Waals surface area contributed by atoms with Crippen molar-refractivity contribution in [1.29, 1.82) is 0 Å². The van der Waals surface area contributed by atoms with Gasteiger partial charge in [0.1, 0.15) is 11.6 Å². The first-order valence-corrected chi connectivity index (χ1v) is 5.83. The summed E-state index contributed by atoms with van der Waals surface area (Å²) in [6.07, 6.45) is 1.72. The fourth-order valence-corrected chi connectivity index (χ4v) is 1.85. The number of hydrogen-bond acceptors (Lipinski definition) is 5. The predicted octanol–water partition coefficient (Wildman–Crippen LogP) is 1.90. The van der Waals surface area contributed by atoms with Crippen LogP contribution in [0.5, 0.6) is 0 Å². The molecule has 0 radical (unpaired) electrons. The van der Waals surface area contributed by atoms with Crippen molar-refractivity contribution in [2.24, 2.45) is 5.84 Å². The Morgan fingerprint density at radius 2 is 2.17 bits per heavy atom. The summed E-state index contributed by atoms with van der Waals surface area (Å²) in [4.78, 5) is 6.56. The molecule has 2 aromatic rings. The summed E-state index contributed by atoms with van der Waals surface area (Å²) >= 11 is 0. The average Bonchev–Trinajstić information content (AvgIpc) is 2.75. The molecule has 0 aliphatic heterocycles. The van der Waals surface area contributed by atoms with Crippen LogP contribution in [0.4, 0.5) is 5.82 Å². The molecule has 2 heterocycles. The predicted molar refractivity (Wildman–Crippen MR) is 70.7 cm³/mol. The molecule has 0 aromatic carbocycles. The highest BCUT2D eigenvalue weighted by molar-refractivity contribution is 5.33. The Labute approximate surface area is 107 Å². The van der Waals surface area contributed by atoms with Crippen molar-refractivity contribution >= 4 is 5.82 Å². The second kappa shape index (κ2) is 5.66. The topological polar surface area (TPSA) is 67.3 Å². The monoisotopic (exact) mass is 246 g/mol. The largest absolute Gasteiger partial charge is 0.469 e. The van der Waals surface area contributed by atoms with Gasteiger partial charge in [-0.05, 0) is 32.2 Å². The van der Waals surface area contributed by atoms with Gasteiger partial charge < -0.3 is 9.84 Å². The molecule has 0 aliphatic carbocycles. The number of rotatable bonds is 5. The standard InChI is InChI=1S/C13H18N4O/c1-10-11(6-7-18-10)8-17(2)9-12-4-3-5-13(15-12)16-14/h3-7H,8-9,14H2,1-2H3,(H,15,16). The smallest absolute Gasteiger partial charge is 0.140 e. The molecule has 3 N–H and O–H groups in total. The Hall–Kier alpha value is -1.85. The lowest BCUT2D eigenvalue weighted by Gasteiger charge is -2.16. The van der Waals surface area contributed by atoms with Crippen LogP contribution in [0, 0.1) is 6.92 Å². The first kappa shape index (κ1) is 12.6. The van der Waals surface area contributed by atoms with E-state index in [1.807, 2.05) is 31.2 Å². The number of aryl methyl sites for hydroxylation is 1. The van der Waals surface area contributed by atoms with Gasteiger partial charge in [0.05, 0.1) is 12.0 Å². The Morgan fingerprint density at radius 1 is 1.33 bits per heavy atom. The summed E-state index contributed by atoms with van der Waals surface area (Å²) < 4.78 is 5.28. The van der Waals surface area contributed by atoms with Crippen LogP contribution in [-0.4, -0.2) is 16.9 Å². The zero-order chi connectivity index (χ0) is 13.0. The summed E-state index contributed by atoms with van der Waals surface area (Å²) in [5.74, 6) is 6.99. The number of nitrogens with two attached hydrogens (primary N) is 1. The van der Waals surface area contributed by atoms with E-state index in [1.54, 1.807) is 6.26 Å². The van der Waals surface area contributed by atoms with E-state index >= 15 is 0 Å². The lowest BCUT2D eigenvalue weighted by Crippen LogP contribution is -2.18. The molecular formula is C13H18N4O. The minimum Gasteiger partial charge on any atom is -0.469 e. The van der Waals surface area contributed by atoms with Gasteiger partial charge in [-0.2, -0.15) is 0 Å². The minimum absolute atomic E-state index is 0.681. The van der Waals surface area contributed by atoms with Crippen molar-refractivity contribution in [1.82, 2.24) is 9.88 Å². The van der Waals surface area contributed by atoms with Crippen LogP contribution in [0.3, 0.4) is 0 Å². The van der Waals surface area contributed by atoms with E-state index in [0.29, 0.717) is 5.82 Å². The van der Waals surface area contributed by atoms with Gasteiger partial charge in [-0.25, -0.2) is 10.8 Å². The summed E-state index contributed by atoms with van der Waals surface area (Å²) in [5, 5.41) is 0. The maximum absolute atomic E-state index is 5.34. The summed E-state index contributed by atoms with van der Waals surface area (Å²) in [6, 6.07) is 7.76. The molecule has 5 heteroatoms. The number of nitrogens with zero attached hydrogens (tertiary/aromatic N) is 2. The van der Waals surface area contributed by atoms with E-state index in [1.165, 1.54) is 5.56 Å². The summed E-state index contributed by atoms with van der Waals surface area (Å²) in [7, 11) is 2.05. The van der Waals surface area contributed by atoms with Crippen LogP contribution in [-0.2, 0) is 13.1 Å². The van der Waals surface area contributed by atoms with Crippen LogP contribution in [0.2, 0.25) is 0 Å². The zero-order valence-electron chi connectivity index (χ0n) is 10.7. The fraction of sp³-hybridized carbons (Fsp3) is 0.308. The third-order valence-electron chi connectivity index (χ3n) is 2.79. The molecule has 0 spiro atoms. The minimum atomic E-state index is 0.681. The zero-order valence-corrected chi connectivity index (χ0v) is 10.7. The Bertz CT molecular complexity index is 509. The van der Waals surface area contributed by atoms with Gasteiger partial charge >= 0.3 is 0 Å². The number of nitrogen functional groups attached to an aromatic ring is 1. The SMILES string of the molecule is Cc1occc1CN(C)Cc1cccc(NN)n1. The Morgan fingerprint density at radius 3 is 2.83 bits per heavy atom. The second-order valence-electron chi connectivity index (χ2n) is 4.33. The Kier molecular flexibility index (Phi) is 3.96. The van der Waals surface area contributed by atoms with Gasteiger partial charge in [-0.3, -0.25) is 4.90 Å². The first-order valence-electron chi connectivity index (χ1n) is 5.83. The van der Waals surface area contributed by atoms with Gasteiger partial charge in [0.2, 0.25) is 0 Å². The average molecular weight is 246 g/mol. The molecule has 0 amide bonds. The van der Waals surface area contributed by atoms with Crippen molar-refractivity contribution in [2.45, 2.75) is 20.0 Å². The van der Waals surface area contributed by atoms with Gasteiger partial charge in [-0.15, -0.1) is 0 Å². The first-order chi connectivity index (χ1) is 8.69. The Balaban J connectivity index is 1.98. The van der Waals surface area contributed by atoms with E-state index in [-0.39, 0.29) is 0 Å². The molecule has 96 valence electrons. The number of anilines is 1. The van der Waals surface area contributed by atoms with Crippen molar-refractivity contribution < 1.29 is 4.42 Å². The molecule has 0 fully saturated rings. The molecule has 2 aromatic heterocycles. The van der Waals surface area contributed by atoms with Crippen molar-refractivity contribution in [3.63, 3.8) is 0 Å². The van der Waals surface area contributed by atoms with E-state index in [0.717, 1.165) is 24.5 Å². The van der Waals surface area contributed by atoms with Crippen LogP contribution in [0.15, 0.2) is 34.9 Å². The lowest BCUT2D eigenvalue weighted by atomic mass is 10.2. The number of hydrazine groups is 1. The quantitative estimate of drug-likeness (QED) is 0.623. The highest BCUT2D eigenvalue weighted by Crippen LogP contribution is 2.13. The second-order valence-corrected chi connectivity index (χ2v) is 4.33. The summed E-state index contributed by atoms with van der Waals surface area (Å²) in [5.41, 5.74) is 4.73. The maximum atomic E-state index is 5.34. The van der Waals surface area contributed by atoms with E-state index in [4.69, 9.17) is 10.3 Å². The number of furan rings is 1. The third kappa shape index (κ3) is 3.09. The summed E-state index contributed by atoms with van der Waals surface area (Å²) in [6.45, 7) is 3.57. The van der Waals surface area contributed by atoms with Crippen LogP contribution in [0.25, 0.3) is 0 Å². The molecule has 0 unspecified atom stereocenters. The van der Waals surface area contributed by atoms with Gasteiger partial charge in [0, 0.05) is 18.7 Å². The van der Waals surface area contributed by atoms with Gasteiger partial charge in [-0.1, -0.05) is 6.07 Å². The van der Waals surface area contributed by atoms with Crippen LogP contribution >= 0.6 is 0 Å². The third-order valence-corrected chi connectivity index (χ3v) is 2.79. The van der Waals surface area contributed by atoms with Crippen molar-refractivity contribution in [2.75, 3.05) is 12.5 Å². The number of nitrogens with one attached hydrogen (secondary N) is 1. The fourth-order valence-electron chi connectivity index (χ4n) is 1.85. The molecule has 5 nitrogen and oxygen atoms in total. The normalized spacial score (nSPS) is 10.9. The molecule has 0 bridgehead atoms. The van der Waals surface area contributed by atoms with Crippen LogP contribution < -0.4 is 11.3 Å². The number of pyridine rings is 1. The molecular weight excluding hydrogens is 228 g/mol. The van der Waals surface area contributed by atoms with Crippen LogP contribution in [0.1, 0.15) is 17.0 Å².